The van der Waals surface area contributed by atoms with Gasteiger partial charge in [0.15, 0.2) is 0 Å². The largest absolute Gasteiger partial charge is 0.488 e. The van der Waals surface area contributed by atoms with Gasteiger partial charge < -0.3 is 10.1 Å². The molecular formula is C11H12NO. The molecule has 2 atom stereocenters. The minimum absolute atomic E-state index is 0.361. The first-order valence-corrected chi connectivity index (χ1v) is 4.82. The first kappa shape index (κ1) is 7.39. The van der Waals surface area contributed by atoms with Crippen LogP contribution >= 0.6 is 0 Å². The van der Waals surface area contributed by atoms with Crippen molar-refractivity contribution in [3.05, 3.63) is 29.8 Å². The van der Waals surface area contributed by atoms with Gasteiger partial charge in [0, 0.05) is 18.0 Å². The SMILES string of the molecule is [c]1ccc2c(c1)C1CCNCC1O2. The Balaban J connectivity index is 2.01. The van der Waals surface area contributed by atoms with Crippen molar-refractivity contribution in [2.75, 3.05) is 13.1 Å². The van der Waals surface area contributed by atoms with E-state index >= 15 is 0 Å². The summed E-state index contributed by atoms with van der Waals surface area (Å²) in [7, 11) is 0. The standard InChI is InChI=1S/C11H12NO/c1-2-4-10-8(3-1)9-5-6-12-7-11(9)13-10/h2-4,9,11-12H,5-7H2. The highest BCUT2D eigenvalue weighted by Gasteiger charge is 2.35. The average Bonchev–Trinajstić information content (AvgIpc) is 2.56. The van der Waals surface area contributed by atoms with E-state index in [4.69, 9.17) is 4.74 Å². The van der Waals surface area contributed by atoms with Gasteiger partial charge in [0.2, 0.25) is 0 Å². The van der Waals surface area contributed by atoms with E-state index in [1.54, 1.807) is 0 Å². The van der Waals surface area contributed by atoms with Crippen molar-refractivity contribution in [3.63, 3.8) is 0 Å². The van der Waals surface area contributed by atoms with Crippen molar-refractivity contribution >= 4 is 0 Å². The predicted octanol–water partition coefficient (Wildman–Crippen LogP) is 1.32. The van der Waals surface area contributed by atoms with E-state index in [0.717, 1.165) is 18.8 Å². The van der Waals surface area contributed by atoms with Gasteiger partial charge in [-0.2, -0.15) is 0 Å². The highest BCUT2D eigenvalue weighted by Crippen LogP contribution is 2.40. The van der Waals surface area contributed by atoms with Crippen LogP contribution in [-0.4, -0.2) is 19.2 Å². The Morgan fingerprint density at radius 1 is 1.54 bits per heavy atom. The van der Waals surface area contributed by atoms with Gasteiger partial charge in [-0.3, -0.25) is 0 Å². The fourth-order valence-electron chi connectivity index (χ4n) is 2.30. The second kappa shape index (κ2) is 2.74. The molecule has 2 heteroatoms. The lowest BCUT2D eigenvalue weighted by atomic mass is 9.90. The summed E-state index contributed by atoms with van der Waals surface area (Å²) >= 11 is 0. The van der Waals surface area contributed by atoms with Gasteiger partial charge in [-0.1, -0.05) is 6.07 Å². The summed E-state index contributed by atoms with van der Waals surface area (Å²) in [6.07, 6.45) is 1.55. The molecule has 0 spiro atoms. The molecule has 1 aromatic rings. The minimum Gasteiger partial charge on any atom is -0.488 e. The first-order chi connectivity index (χ1) is 6.45. The predicted molar refractivity (Wildman–Crippen MR) is 49.9 cm³/mol. The maximum absolute atomic E-state index is 5.83. The maximum Gasteiger partial charge on any atom is 0.123 e. The molecule has 0 saturated carbocycles. The molecule has 1 radical (unpaired) electrons. The zero-order chi connectivity index (χ0) is 8.67. The Morgan fingerprint density at radius 3 is 3.54 bits per heavy atom. The van der Waals surface area contributed by atoms with Gasteiger partial charge in [-0.15, -0.1) is 0 Å². The van der Waals surface area contributed by atoms with Crippen LogP contribution in [0.1, 0.15) is 17.9 Å². The Bertz CT molecular complexity index is 324. The van der Waals surface area contributed by atoms with Crippen LogP contribution in [0.4, 0.5) is 0 Å². The number of ether oxygens (including phenoxy) is 1. The van der Waals surface area contributed by atoms with Crippen molar-refractivity contribution in [2.45, 2.75) is 18.4 Å². The van der Waals surface area contributed by atoms with E-state index in [2.05, 4.69) is 17.4 Å². The van der Waals surface area contributed by atoms with Crippen LogP contribution in [0.2, 0.25) is 0 Å². The molecule has 1 aromatic carbocycles. The van der Waals surface area contributed by atoms with E-state index in [1.165, 1.54) is 12.0 Å². The molecule has 13 heavy (non-hydrogen) atoms. The summed E-state index contributed by atoms with van der Waals surface area (Å²) < 4.78 is 5.83. The summed E-state index contributed by atoms with van der Waals surface area (Å²) in [4.78, 5) is 0. The smallest absolute Gasteiger partial charge is 0.123 e. The Kier molecular flexibility index (Phi) is 1.56. The molecule has 0 amide bonds. The minimum atomic E-state index is 0.361. The molecule has 2 nitrogen and oxygen atoms in total. The second-order valence-corrected chi connectivity index (χ2v) is 3.72. The van der Waals surface area contributed by atoms with Gasteiger partial charge in [0.25, 0.3) is 0 Å². The molecule has 0 aliphatic carbocycles. The molecule has 67 valence electrons. The number of rotatable bonds is 0. The third-order valence-electron chi connectivity index (χ3n) is 2.96. The van der Waals surface area contributed by atoms with Gasteiger partial charge in [-0.25, -0.2) is 0 Å². The summed E-state index contributed by atoms with van der Waals surface area (Å²) in [6.45, 7) is 2.10. The molecular weight excluding hydrogens is 162 g/mol. The maximum atomic E-state index is 5.83. The average molecular weight is 174 g/mol. The molecule has 2 aliphatic rings. The fourth-order valence-corrected chi connectivity index (χ4v) is 2.30. The van der Waals surface area contributed by atoms with Crippen LogP contribution < -0.4 is 10.1 Å². The molecule has 2 unspecified atom stereocenters. The Labute approximate surface area is 77.9 Å². The van der Waals surface area contributed by atoms with E-state index in [-0.39, 0.29) is 0 Å². The van der Waals surface area contributed by atoms with E-state index in [9.17, 15) is 0 Å². The van der Waals surface area contributed by atoms with Crippen LogP contribution in [0, 0.1) is 6.07 Å². The summed E-state index contributed by atoms with van der Waals surface area (Å²) in [6, 6.07) is 9.14. The van der Waals surface area contributed by atoms with E-state index in [0.29, 0.717) is 12.0 Å². The normalized spacial score (nSPS) is 30.5. The van der Waals surface area contributed by atoms with Crippen molar-refractivity contribution in [3.8, 4) is 5.75 Å². The fraction of sp³-hybridized carbons (Fsp3) is 0.455. The number of hydrogen-bond acceptors (Lipinski definition) is 2. The zero-order valence-electron chi connectivity index (χ0n) is 7.42. The number of nitrogens with one attached hydrogen (secondary N) is 1. The van der Waals surface area contributed by atoms with Crippen LogP contribution in [0.3, 0.4) is 0 Å². The van der Waals surface area contributed by atoms with Crippen molar-refractivity contribution in [1.29, 1.82) is 0 Å². The number of hydrogen-bond donors (Lipinski definition) is 1. The van der Waals surface area contributed by atoms with Crippen molar-refractivity contribution in [2.24, 2.45) is 0 Å². The van der Waals surface area contributed by atoms with Gasteiger partial charge in [0.05, 0.1) is 0 Å². The number of piperidine rings is 1. The quantitative estimate of drug-likeness (QED) is 0.640. The number of benzene rings is 1. The lowest BCUT2D eigenvalue weighted by Crippen LogP contribution is -2.39. The van der Waals surface area contributed by atoms with Crippen molar-refractivity contribution < 1.29 is 4.74 Å². The molecule has 1 saturated heterocycles. The van der Waals surface area contributed by atoms with Crippen LogP contribution in [-0.2, 0) is 0 Å². The molecule has 1 N–H and O–H groups in total. The van der Waals surface area contributed by atoms with Gasteiger partial charge in [-0.05, 0) is 31.2 Å². The van der Waals surface area contributed by atoms with Gasteiger partial charge >= 0.3 is 0 Å². The monoisotopic (exact) mass is 174 g/mol. The summed E-state index contributed by atoms with van der Waals surface area (Å²) in [5, 5.41) is 3.36. The Morgan fingerprint density at radius 2 is 2.54 bits per heavy atom. The number of fused-ring (bicyclic) bond motifs is 3. The van der Waals surface area contributed by atoms with E-state index < -0.39 is 0 Å². The van der Waals surface area contributed by atoms with Crippen LogP contribution in [0.25, 0.3) is 0 Å². The molecule has 0 aromatic heterocycles. The zero-order valence-corrected chi connectivity index (χ0v) is 7.42. The Hall–Kier alpha value is -1.02. The molecule has 2 heterocycles. The third-order valence-corrected chi connectivity index (χ3v) is 2.96. The van der Waals surface area contributed by atoms with Crippen molar-refractivity contribution in [1.82, 2.24) is 5.32 Å². The molecule has 1 fully saturated rings. The van der Waals surface area contributed by atoms with Crippen LogP contribution in [0.5, 0.6) is 5.75 Å². The summed E-state index contributed by atoms with van der Waals surface area (Å²) in [5.74, 6) is 1.67. The second-order valence-electron chi connectivity index (χ2n) is 3.72. The lowest BCUT2D eigenvalue weighted by Gasteiger charge is -2.24. The topological polar surface area (TPSA) is 21.3 Å². The lowest BCUT2D eigenvalue weighted by molar-refractivity contribution is 0.177. The molecule has 0 bridgehead atoms. The van der Waals surface area contributed by atoms with Gasteiger partial charge in [0.1, 0.15) is 11.9 Å². The first-order valence-electron chi connectivity index (χ1n) is 4.82. The van der Waals surface area contributed by atoms with Crippen LogP contribution in [0.15, 0.2) is 18.2 Å². The highest BCUT2D eigenvalue weighted by atomic mass is 16.5. The highest BCUT2D eigenvalue weighted by molar-refractivity contribution is 5.41. The molecule has 2 aliphatic heterocycles. The third kappa shape index (κ3) is 1.05. The summed E-state index contributed by atoms with van der Waals surface area (Å²) in [5.41, 5.74) is 1.36. The van der Waals surface area contributed by atoms with E-state index in [1.807, 2.05) is 12.1 Å². The molecule has 3 rings (SSSR count).